The van der Waals surface area contributed by atoms with Crippen molar-refractivity contribution in [3.05, 3.63) is 42.2 Å². The van der Waals surface area contributed by atoms with E-state index in [0.717, 1.165) is 0 Å². The van der Waals surface area contributed by atoms with Gasteiger partial charge in [0.1, 0.15) is 11.4 Å². The summed E-state index contributed by atoms with van der Waals surface area (Å²) in [6.45, 7) is 0. The second-order valence-corrected chi connectivity index (χ2v) is 7.37. The maximum absolute atomic E-state index is 13.8. The average molecular weight is 378 g/mol. The second kappa shape index (κ2) is 7.90. The lowest BCUT2D eigenvalue weighted by molar-refractivity contribution is -0.148. The third-order valence-corrected chi connectivity index (χ3v) is 5.38. The van der Waals surface area contributed by atoms with Gasteiger partial charge in [-0.25, -0.2) is 14.2 Å². The van der Waals surface area contributed by atoms with Crippen LogP contribution in [0.4, 0.5) is 4.39 Å². The molecule has 0 unspecified atom stereocenters. The number of halogens is 1. The number of amides is 1. The van der Waals surface area contributed by atoms with Gasteiger partial charge < -0.3 is 14.8 Å². The van der Waals surface area contributed by atoms with Crippen LogP contribution in [0.15, 0.2) is 34.9 Å². The fourth-order valence-electron chi connectivity index (χ4n) is 2.87. The summed E-state index contributed by atoms with van der Waals surface area (Å²) in [7, 11) is 0. The summed E-state index contributed by atoms with van der Waals surface area (Å²) in [5.74, 6) is 0.253. The van der Waals surface area contributed by atoms with Crippen LogP contribution < -0.4 is 5.32 Å². The van der Waals surface area contributed by atoms with Gasteiger partial charge in [0.15, 0.2) is 11.7 Å². The number of hydrogen-bond acceptors (Lipinski definition) is 5. The van der Waals surface area contributed by atoms with Crippen LogP contribution in [0.3, 0.4) is 0 Å². The van der Waals surface area contributed by atoms with E-state index in [1.54, 1.807) is 30.0 Å². The quantitative estimate of drug-likeness (QED) is 0.803. The first-order valence-corrected chi connectivity index (χ1v) is 9.47. The van der Waals surface area contributed by atoms with Crippen LogP contribution in [0.1, 0.15) is 25.2 Å². The molecule has 1 saturated heterocycles. The number of aromatic nitrogens is 1. The molecule has 0 spiro atoms. The number of carbonyl (C=O) groups is 2. The molecule has 1 aromatic carbocycles. The number of nitrogens with zero attached hydrogens (tertiary/aromatic N) is 1. The van der Waals surface area contributed by atoms with Crippen molar-refractivity contribution in [2.24, 2.45) is 0 Å². The zero-order valence-corrected chi connectivity index (χ0v) is 14.9. The molecule has 8 heteroatoms. The normalized spacial score (nSPS) is 16.2. The van der Waals surface area contributed by atoms with E-state index in [9.17, 15) is 19.1 Å². The van der Waals surface area contributed by atoms with E-state index in [-0.39, 0.29) is 18.7 Å². The van der Waals surface area contributed by atoms with Crippen LogP contribution in [0.5, 0.6) is 0 Å². The number of aliphatic carboxylic acids is 1. The van der Waals surface area contributed by atoms with Crippen molar-refractivity contribution in [1.82, 2.24) is 10.3 Å². The Balaban J connectivity index is 1.60. The number of carboxylic acids is 1. The minimum Gasteiger partial charge on any atom is -0.480 e. The zero-order valence-electron chi connectivity index (χ0n) is 14.0. The van der Waals surface area contributed by atoms with Gasteiger partial charge in [-0.05, 0) is 36.5 Å². The molecular weight excluding hydrogens is 359 g/mol. The predicted molar refractivity (Wildman–Crippen MR) is 95.3 cm³/mol. The summed E-state index contributed by atoms with van der Waals surface area (Å²) in [6.07, 6.45) is 2.51. The van der Waals surface area contributed by atoms with E-state index < -0.39 is 17.3 Å². The van der Waals surface area contributed by atoms with Gasteiger partial charge in [0.05, 0.1) is 11.8 Å². The topological polar surface area (TPSA) is 92.4 Å². The molecule has 0 aliphatic carbocycles. The molecule has 0 bridgehead atoms. The van der Waals surface area contributed by atoms with Crippen molar-refractivity contribution in [2.45, 2.75) is 31.2 Å². The highest BCUT2D eigenvalue weighted by atomic mass is 32.2. The lowest BCUT2D eigenvalue weighted by Gasteiger charge is -2.33. The fraction of sp³-hybridized carbons (Fsp3) is 0.389. The zero-order chi connectivity index (χ0) is 18.6. The Hall–Kier alpha value is -2.35. The van der Waals surface area contributed by atoms with Crippen LogP contribution in [0.2, 0.25) is 0 Å². The number of carboxylic acid groups (broad SMARTS) is 1. The van der Waals surface area contributed by atoms with Gasteiger partial charge in [0.2, 0.25) is 5.91 Å². The highest BCUT2D eigenvalue weighted by molar-refractivity contribution is 7.99. The third kappa shape index (κ3) is 4.07. The van der Waals surface area contributed by atoms with Gasteiger partial charge in [-0.2, -0.15) is 11.8 Å². The van der Waals surface area contributed by atoms with Crippen LogP contribution >= 0.6 is 11.8 Å². The molecule has 138 valence electrons. The van der Waals surface area contributed by atoms with Gasteiger partial charge in [-0.3, -0.25) is 4.79 Å². The number of oxazole rings is 1. The molecule has 0 radical (unpaired) electrons. The highest BCUT2D eigenvalue weighted by Crippen LogP contribution is 2.28. The van der Waals surface area contributed by atoms with Crippen LogP contribution in [0, 0.1) is 5.82 Å². The number of thioether (sulfide) groups is 1. The van der Waals surface area contributed by atoms with Crippen molar-refractivity contribution in [3.63, 3.8) is 0 Å². The lowest BCUT2D eigenvalue weighted by Crippen LogP contribution is -2.56. The first-order chi connectivity index (χ1) is 12.5. The molecule has 2 heterocycles. The Morgan fingerprint density at radius 3 is 2.73 bits per heavy atom. The summed E-state index contributed by atoms with van der Waals surface area (Å²) in [4.78, 5) is 27.9. The van der Waals surface area contributed by atoms with Crippen molar-refractivity contribution in [2.75, 3.05) is 11.5 Å². The third-order valence-electron chi connectivity index (χ3n) is 4.39. The smallest absolute Gasteiger partial charge is 0.329 e. The Kier molecular flexibility index (Phi) is 5.61. The summed E-state index contributed by atoms with van der Waals surface area (Å²) in [5.41, 5.74) is -0.878. The summed E-state index contributed by atoms with van der Waals surface area (Å²) in [5, 5.41) is 12.2. The van der Waals surface area contributed by atoms with Gasteiger partial charge >= 0.3 is 5.97 Å². The Morgan fingerprint density at radius 2 is 2.04 bits per heavy atom. The van der Waals surface area contributed by atoms with E-state index in [1.165, 1.54) is 12.3 Å². The molecule has 0 atom stereocenters. The number of aryl methyl sites for hydroxylation is 1. The van der Waals surface area contributed by atoms with Gasteiger partial charge in [-0.1, -0.05) is 12.1 Å². The summed E-state index contributed by atoms with van der Waals surface area (Å²) < 4.78 is 19.3. The van der Waals surface area contributed by atoms with Gasteiger partial charge in [-0.15, -0.1) is 0 Å². The minimum absolute atomic E-state index is 0.0550. The molecule has 26 heavy (non-hydrogen) atoms. The Morgan fingerprint density at radius 1 is 1.31 bits per heavy atom. The monoisotopic (exact) mass is 378 g/mol. The first kappa shape index (κ1) is 18.4. The fourth-order valence-corrected chi connectivity index (χ4v) is 4.06. The largest absolute Gasteiger partial charge is 0.480 e. The standard InChI is InChI=1S/C18H19FN2O4S/c19-13-4-2-1-3-12(13)14-11-20-16(25-14)6-5-15(22)21-18(17(23)24)7-9-26-10-8-18/h1-4,11H,5-10H2,(H,21,22)(H,23,24). The van der Waals surface area contributed by atoms with Crippen LogP contribution in [0.25, 0.3) is 11.3 Å². The molecule has 0 saturated carbocycles. The molecule has 1 aromatic heterocycles. The molecule has 1 aliphatic heterocycles. The lowest BCUT2D eigenvalue weighted by atomic mass is 9.92. The van der Waals surface area contributed by atoms with E-state index >= 15 is 0 Å². The first-order valence-electron chi connectivity index (χ1n) is 8.32. The number of rotatable bonds is 6. The number of hydrogen-bond donors (Lipinski definition) is 2. The second-order valence-electron chi connectivity index (χ2n) is 6.15. The predicted octanol–water partition coefficient (Wildman–Crippen LogP) is 2.88. The highest BCUT2D eigenvalue weighted by Gasteiger charge is 2.41. The summed E-state index contributed by atoms with van der Waals surface area (Å²) in [6, 6.07) is 6.20. The van der Waals surface area contributed by atoms with Crippen LogP contribution in [-0.4, -0.2) is 39.0 Å². The average Bonchev–Trinajstić information content (AvgIpc) is 3.10. The maximum Gasteiger partial charge on any atom is 0.329 e. The molecule has 2 aromatic rings. The molecule has 3 rings (SSSR count). The van der Waals surface area contributed by atoms with Crippen molar-refractivity contribution >= 4 is 23.6 Å². The maximum atomic E-state index is 13.8. The molecule has 1 amide bonds. The molecule has 1 aliphatic rings. The Labute approximate surface area is 154 Å². The molecule has 6 nitrogen and oxygen atoms in total. The van der Waals surface area contributed by atoms with Crippen molar-refractivity contribution in [1.29, 1.82) is 0 Å². The van der Waals surface area contributed by atoms with Crippen LogP contribution in [-0.2, 0) is 16.0 Å². The van der Waals surface area contributed by atoms with E-state index in [1.807, 2.05) is 0 Å². The van der Waals surface area contributed by atoms with Gasteiger partial charge in [0.25, 0.3) is 0 Å². The van der Waals surface area contributed by atoms with Gasteiger partial charge in [0, 0.05) is 12.8 Å². The number of nitrogens with one attached hydrogen (secondary N) is 1. The SMILES string of the molecule is O=C(CCc1ncc(-c2ccccc2F)o1)NC1(C(=O)O)CCSCC1. The van der Waals surface area contributed by atoms with E-state index in [2.05, 4.69) is 10.3 Å². The van der Waals surface area contributed by atoms with Crippen molar-refractivity contribution in [3.8, 4) is 11.3 Å². The minimum atomic E-state index is -1.18. The summed E-state index contributed by atoms with van der Waals surface area (Å²) >= 11 is 1.68. The van der Waals surface area contributed by atoms with E-state index in [4.69, 9.17) is 4.42 Å². The molecule has 2 N–H and O–H groups in total. The number of benzene rings is 1. The number of carbonyl (C=O) groups excluding carboxylic acids is 1. The Bertz CT molecular complexity index is 802. The van der Waals surface area contributed by atoms with Crippen molar-refractivity contribution < 1.29 is 23.5 Å². The molecular formula is C18H19FN2O4S. The molecule has 1 fully saturated rings. The van der Waals surface area contributed by atoms with E-state index in [0.29, 0.717) is 41.6 Å².